The lowest BCUT2D eigenvalue weighted by Crippen LogP contribution is -2.64. The molecule has 13 rings (SSSR count). The van der Waals surface area contributed by atoms with Gasteiger partial charge in [-0.15, -0.1) is 0 Å². The van der Waals surface area contributed by atoms with Gasteiger partial charge in [0.2, 0.25) is 18.1 Å². The second kappa shape index (κ2) is 32.8. The summed E-state index contributed by atoms with van der Waals surface area (Å²) in [4.78, 5) is 115. The van der Waals surface area contributed by atoms with Gasteiger partial charge in [0.25, 0.3) is 17.7 Å². The second-order valence-electron chi connectivity index (χ2n) is 28.8. The lowest BCUT2D eigenvalue weighted by Gasteiger charge is -2.69. The average molecular weight is 1490 g/mol. The van der Waals surface area contributed by atoms with Crippen LogP contribution in [0.4, 0.5) is 21.4 Å². The first-order valence-electron chi connectivity index (χ1n) is 35.2. The minimum Gasteiger partial charge on any atom is -0.479 e. The number of carboxylic acid groups (broad SMARTS) is 2. The highest BCUT2D eigenvalue weighted by Crippen LogP contribution is 2.72. The van der Waals surface area contributed by atoms with E-state index in [1.165, 1.54) is 53.6 Å². The number of likely N-dealkylation sites (N-methyl/N-ethyl adjacent to an activating group) is 1. The Balaban J connectivity index is 0.581. The number of aromatic carboxylic acids is 1. The normalized spacial score (nSPS) is 24.3. The zero-order valence-corrected chi connectivity index (χ0v) is 60.1. The average Bonchev–Trinajstić information content (AvgIpc) is 0.737. The minimum absolute atomic E-state index is 0.0229. The Morgan fingerprint density at radius 1 is 0.755 bits per heavy atom. The van der Waals surface area contributed by atoms with Crippen LogP contribution in [0.15, 0.2) is 91.1 Å². The van der Waals surface area contributed by atoms with E-state index in [0.717, 1.165) is 70.5 Å². The number of aromatic nitrogens is 4. The molecule has 7 aliphatic rings. The highest BCUT2D eigenvalue weighted by molar-refractivity contribution is 7.22. The van der Waals surface area contributed by atoms with E-state index in [1.54, 1.807) is 12.3 Å². The van der Waals surface area contributed by atoms with Crippen molar-refractivity contribution in [3.63, 3.8) is 0 Å². The van der Waals surface area contributed by atoms with E-state index in [9.17, 15) is 63.9 Å². The number of para-hydroxylation sites is 1. The number of thiazole rings is 1. The van der Waals surface area contributed by atoms with E-state index in [1.807, 2.05) is 65.0 Å². The summed E-state index contributed by atoms with van der Waals surface area (Å²) in [6.07, 6.45) is -0.132. The number of rotatable bonds is 34. The third kappa shape index (κ3) is 17.8. The molecule has 6 aromatic rings. The van der Waals surface area contributed by atoms with Gasteiger partial charge in [-0.1, -0.05) is 55.5 Å². The smallest absolute Gasteiger partial charge is 0.409 e. The summed E-state index contributed by atoms with van der Waals surface area (Å²) < 4.78 is 49.1. The maximum absolute atomic E-state index is 13.8. The molecule has 4 bridgehead atoms. The number of pyridine rings is 1. The van der Waals surface area contributed by atoms with Gasteiger partial charge in [-0.25, -0.2) is 24.4 Å². The molecule has 5 fully saturated rings. The maximum Gasteiger partial charge on any atom is 0.409 e. The van der Waals surface area contributed by atoms with Crippen molar-refractivity contribution in [1.82, 2.24) is 34.9 Å². The molecule has 7 atom stereocenters. The predicted molar refractivity (Wildman–Crippen MR) is 381 cm³/mol. The third-order valence-electron chi connectivity index (χ3n) is 20.2. The number of carboxylic acids is 2. The first-order chi connectivity index (χ1) is 50.8. The molecule has 566 valence electrons. The highest BCUT2D eigenvalue weighted by atomic mass is 32.1. The van der Waals surface area contributed by atoms with Gasteiger partial charge in [-0.3, -0.25) is 38.9 Å². The van der Waals surface area contributed by atoms with Crippen molar-refractivity contribution < 1.29 is 102 Å². The maximum atomic E-state index is 13.8. The molecule has 4 saturated carbocycles. The van der Waals surface area contributed by atoms with Crippen molar-refractivity contribution in [2.24, 2.45) is 16.2 Å². The number of amides is 6. The Bertz CT molecular complexity index is 4250. The van der Waals surface area contributed by atoms with Crippen LogP contribution in [0.25, 0.3) is 21.3 Å². The van der Waals surface area contributed by atoms with Crippen molar-refractivity contribution in [1.29, 1.82) is 0 Å². The first kappa shape index (κ1) is 76.3. The molecule has 6 amide bonds. The van der Waals surface area contributed by atoms with Gasteiger partial charge in [0.05, 0.1) is 87.1 Å². The van der Waals surface area contributed by atoms with Crippen LogP contribution < -0.4 is 25.6 Å². The van der Waals surface area contributed by atoms with E-state index in [2.05, 4.69) is 34.8 Å². The highest BCUT2D eigenvalue weighted by Gasteiger charge is 2.66. The number of nitrogens with one attached hydrogen (secondary N) is 3. The number of hydrogen-bond acceptors (Lipinski definition) is 24. The number of nitrogens with zero attached hydrogens (tertiary/aromatic N) is 7. The fraction of sp³-hybridized carbons (Fsp3) is 0.500. The molecule has 3 aliphatic heterocycles. The summed E-state index contributed by atoms with van der Waals surface area (Å²) in [6.45, 7) is 9.31. The molecule has 106 heavy (non-hydrogen) atoms. The van der Waals surface area contributed by atoms with Crippen molar-refractivity contribution in [3.8, 4) is 16.9 Å². The third-order valence-corrected chi connectivity index (χ3v) is 21.2. The zero-order valence-electron chi connectivity index (χ0n) is 59.3. The van der Waals surface area contributed by atoms with E-state index in [4.69, 9.17) is 48.0 Å². The lowest BCUT2D eigenvalue weighted by atomic mass is 9.39. The van der Waals surface area contributed by atoms with Gasteiger partial charge >= 0.3 is 18.0 Å². The Morgan fingerprint density at radius 2 is 1.48 bits per heavy atom. The van der Waals surface area contributed by atoms with E-state index in [0.29, 0.717) is 72.5 Å². The molecule has 32 heteroatoms. The summed E-state index contributed by atoms with van der Waals surface area (Å²) in [5.41, 5.74) is 5.07. The molecule has 4 aliphatic carbocycles. The van der Waals surface area contributed by atoms with Gasteiger partial charge in [0.15, 0.2) is 16.9 Å². The van der Waals surface area contributed by atoms with Gasteiger partial charge < -0.3 is 83.9 Å². The van der Waals surface area contributed by atoms with Crippen molar-refractivity contribution in [2.45, 2.75) is 128 Å². The number of hydrogen-bond donors (Lipinski definition) is 8. The van der Waals surface area contributed by atoms with Crippen LogP contribution in [0.1, 0.15) is 102 Å². The summed E-state index contributed by atoms with van der Waals surface area (Å²) >= 11 is 1.41. The number of carbonyl (C=O) groups excluding carboxylic acids is 6. The number of ether oxygens (including phenoxy) is 8. The van der Waals surface area contributed by atoms with E-state index < -0.39 is 72.4 Å². The SMILES string of the molecule is Cc1c(-c2ccc(N3CCc4cccc(C(=O)Nc5nc6ccccc6s5)c4C3)nc2C(=O)O)cnn1CC12CC3(C)CC(C)(C1)CC(OCCOCCOCCN(C)C(=O)OCc1ccc(O[C@@H]4O[C@H](C(=O)O)[C@@H](O)[C@@H](O)[C@H]4O)c(NC(=O)CCNC(=O)COCCOCCN4C(=O)C=CC4=O)c1)(C3)C2. The predicted octanol–water partition coefficient (Wildman–Crippen LogP) is 5.49. The van der Waals surface area contributed by atoms with Gasteiger partial charge in [0, 0.05) is 80.7 Å². The number of anilines is 3. The quantitative estimate of drug-likeness (QED) is 0.0183. The van der Waals surface area contributed by atoms with E-state index in [-0.39, 0.29) is 124 Å². The fourth-order valence-corrected chi connectivity index (χ4v) is 17.4. The van der Waals surface area contributed by atoms with Crippen LogP contribution in [0, 0.1) is 23.2 Å². The lowest BCUT2D eigenvalue weighted by molar-refractivity contribution is -0.271. The van der Waals surface area contributed by atoms with Crippen LogP contribution in [-0.2, 0) is 83.2 Å². The van der Waals surface area contributed by atoms with Gasteiger partial charge in [-0.05, 0) is 127 Å². The Hall–Kier alpha value is -9.35. The number of imide groups is 1. The van der Waals surface area contributed by atoms with Gasteiger partial charge in [-0.2, -0.15) is 5.10 Å². The number of fused-ring (bicyclic) bond motifs is 2. The molecule has 8 N–H and O–H groups in total. The molecule has 2 unspecified atom stereocenters. The Kier molecular flexibility index (Phi) is 23.6. The Labute approximate surface area is 614 Å². The topological polar surface area (TPSA) is 401 Å². The number of aliphatic carboxylic acids is 1. The standard InChI is InChI=1S/C74H88N10O21S/c1-44-49(47-13-15-55(79-60(47)66(93)94)82-21-19-46-8-7-9-48(50(46)34-82)65(92)80-69-78-51-10-5-6-11-54(51)106-69)33-76-84(44)43-73-38-71(2)37-72(3,39-73)41-74(40-71,42-73)103-31-30-100-27-26-98-24-22-81(4)70(97)102-35-45-12-14-53(104-68-63(91)61(89)62(90)64(105-68)67(95)96)52(32-45)77-56(85)18-20-75-57(86)36-101-29-28-99-25-23-83-58(87)16-17-59(83)88/h5-17,32-33,61-64,68,89-91H,18-31,34-43H2,1-4H3,(H,75,86)(H,77,85)(H,93,94)(H,95,96)(H,78,80,92)/t61-,62+,63-,64+,68-,71?,72?,73?,74?/m1/s1. The summed E-state index contributed by atoms with van der Waals surface area (Å²) in [6, 6.07) is 21.3. The largest absolute Gasteiger partial charge is 0.479 e. The molecule has 0 spiro atoms. The molecule has 1 saturated heterocycles. The summed E-state index contributed by atoms with van der Waals surface area (Å²) in [5, 5.41) is 65.2. The molecule has 3 aromatic carbocycles. The molecule has 31 nitrogen and oxygen atoms in total. The van der Waals surface area contributed by atoms with Gasteiger partial charge in [0.1, 0.15) is 43.1 Å². The molecular formula is C74H88N10O21S. The second-order valence-corrected chi connectivity index (χ2v) is 29.8. The van der Waals surface area contributed by atoms with Crippen LogP contribution in [0.2, 0.25) is 0 Å². The molecule has 0 radical (unpaired) electrons. The van der Waals surface area contributed by atoms with Crippen LogP contribution in [0.3, 0.4) is 0 Å². The number of aliphatic hydroxyl groups excluding tert-OH is 3. The van der Waals surface area contributed by atoms with Crippen LogP contribution >= 0.6 is 11.3 Å². The fourth-order valence-electron chi connectivity index (χ4n) is 16.5. The number of carbonyl (C=O) groups is 8. The first-order valence-corrected chi connectivity index (χ1v) is 36.0. The number of aliphatic hydroxyl groups is 3. The van der Waals surface area contributed by atoms with Crippen molar-refractivity contribution in [3.05, 3.63) is 125 Å². The summed E-state index contributed by atoms with van der Waals surface area (Å²) in [7, 11) is 1.53. The van der Waals surface area contributed by atoms with Crippen LogP contribution in [-0.4, -0.2) is 232 Å². The van der Waals surface area contributed by atoms with E-state index >= 15 is 0 Å². The molecule has 6 heterocycles. The molecular weight excluding hydrogens is 1400 g/mol. The Morgan fingerprint density at radius 3 is 2.23 bits per heavy atom. The monoisotopic (exact) mass is 1480 g/mol. The number of benzene rings is 3. The van der Waals surface area contributed by atoms with Crippen molar-refractivity contribution in [2.75, 3.05) is 108 Å². The summed E-state index contributed by atoms with van der Waals surface area (Å²) in [5.74, 6) is -4.78. The van der Waals surface area contributed by atoms with Crippen LogP contribution in [0.5, 0.6) is 5.75 Å². The minimum atomic E-state index is -1.99. The van der Waals surface area contributed by atoms with Crippen molar-refractivity contribution >= 4 is 85.8 Å². The zero-order chi connectivity index (χ0) is 75.1. The molecule has 3 aromatic heterocycles.